The molecule has 1 aromatic rings. The van der Waals surface area contributed by atoms with Crippen molar-refractivity contribution in [2.75, 3.05) is 6.54 Å². The van der Waals surface area contributed by atoms with Crippen molar-refractivity contribution < 1.29 is 5.11 Å². The van der Waals surface area contributed by atoms with Crippen LogP contribution in [0.1, 0.15) is 31.2 Å². The van der Waals surface area contributed by atoms with Crippen molar-refractivity contribution in [2.24, 2.45) is 0 Å². The van der Waals surface area contributed by atoms with Crippen molar-refractivity contribution in [3.05, 3.63) is 34.3 Å². The molecule has 2 rings (SSSR count). The van der Waals surface area contributed by atoms with Crippen LogP contribution in [0, 0.1) is 0 Å². The molecule has 1 saturated carbocycles. The highest BCUT2D eigenvalue weighted by Gasteiger charge is 2.30. The molecule has 88 valence electrons. The third kappa shape index (κ3) is 2.84. The molecule has 16 heavy (non-hydrogen) atoms. The van der Waals surface area contributed by atoms with Crippen molar-refractivity contribution in [3.63, 3.8) is 0 Å². The van der Waals surface area contributed by atoms with E-state index in [4.69, 9.17) is 0 Å². The molecular weight excluding hydrogens is 266 g/mol. The molecule has 1 unspecified atom stereocenters. The lowest BCUT2D eigenvalue weighted by atomic mass is 9.76. The number of hydrogen-bond donors (Lipinski definition) is 2. The number of aliphatic hydroxyl groups excluding tert-OH is 1. The highest BCUT2D eigenvalue weighted by atomic mass is 79.9. The van der Waals surface area contributed by atoms with E-state index in [1.165, 1.54) is 22.9 Å². The molecule has 1 aliphatic rings. The fourth-order valence-corrected chi connectivity index (χ4v) is 2.79. The maximum absolute atomic E-state index is 9.18. The summed E-state index contributed by atoms with van der Waals surface area (Å²) in [5.74, 6) is 0.669. The normalized spacial score (nSPS) is 26.2. The van der Waals surface area contributed by atoms with Crippen LogP contribution in [-0.4, -0.2) is 23.8 Å². The molecule has 1 fully saturated rings. The van der Waals surface area contributed by atoms with Gasteiger partial charge >= 0.3 is 0 Å². The lowest BCUT2D eigenvalue weighted by Crippen LogP contribution is -2.42. The zero-order valence-corrected chi connectivity index (χ0v) is 11.1. The third-order valence-electron chi connectivity index (χ3n) is 3.19. The van der Waals surface area contributed by atoms with Gasteiger partial charge in [0.1, 0.15) is 0 Å². The van der Waals surface area contributed by atoms with Crippen LogP contribution in [0.5, 0.6) is 0 Å². The van der Waals surface area contributed by atoms with E-state index < -0.39 is 0 Å². The minimum absolute atomic E-state index is 0.248. The summed E-state index contributed by atoms with van der Waals surface area (Å²) in [6, 6.07) is 9.02. The molecule has 0 aliphatic heterocycles. The Bertz CT molecular complexity index is 348. The molecule has 0 aromatic heterocycles. The highest BCUT2D eigenvalue weighted by Crippen LogP contribution is 2.39. The number of benzene rings is 1. The number of nitrogens with one attached hydrogen (secondary N) is 1. The van der Waals surface area contributed by atoms with Crippen LogP contribution >= 0.6 is 15.9 Å². The summed E-state index contributed by atoms with van der Waals surface area (Å²) in [5.41, 5.74) is 1.41. The Morgan fingerprint density at radius 2 is 2.12 bits per heavy atom. The van der Waals surface area contributed by atoms with Gasteiger partial charge in [0.15, 0.2) is 0 Å². The first-order valence-electron chi connectivity index (χ1n) is 5.82. The Morgan fingerprint density at radius 1 is 1.44 bits per heavy atom. The van der Waals surface area contributed by atoms with E-state index in [9.17, 15) is 5.11 Å². The van der Waals surface area contributed by atoms with Gasteiger partial charge in [-0.15, -0.1) is 0 Å². The van der Waals surface area contributed by atoms with Crippen LogP contribution in [0.2, 0.25) is 0 Å². The molecule has 1 aliphatic carbocycles. The van der Waals surface area contributed by atoms with E-state index in [0.29, 0.717) is 18.5 Å². The van der Waals surface area contributed by atoms with Crippen LogP contribution < -0.4 is 5.32 Å². The van der Waals surface area contributed by atoms with Crippen LogP contribution in [0.25, 0.3) is 0 Å². The predicted molar refractivity (Wildman–Crippen MR) is 69.6 cm³/mol. The van der Waals surface area contributed by atoms with Gasteiger partial charge < -0.3 is 10.4 Å². The Hall–Kier alpha value is -0.380. The minimum atomic E-state index is -0.248. The molecule has 2 nitrogen and oxygen atoms in total. The summed E-state index contributed by atoms with van der Waals surface area (Å²) in [6.45, 7) is 2.52. The second kappa shape index (κ2) is 5.30. The smallest absolute Gasteiger partial charge is 0.0636 e. The van der Waals surface area contributed by atoms with Gasteiger partial charge in [0.05, 0.1) is 6.10 Å². The van der Waals surface area contributed by atoms with Crippen LogP contribution in [0.3, 0.4) is 0 Å². The standard InChI is InChI=1S/C13H18BrNO/c1-9(16)8-15-11-6-10(7-11)12-4-2-3-5-13(12)14/h2-5,9-11,15-16H,6-8H2,1H3. The highest BCUT2D eigenvalue weighted by molar-refractivity contribution is 9.10. The number of halogens is 1. The summed E-state index contributed by atoms with van der Waals surface area (Å²) in [6.07, 6.45) is 2.10. The van der Waals surface area contributed by atoms with E-state index >= 15 is 0 Å². The Labute approximate surface area is 105 Å². The average molecular weight is 284 g/mol. The van der Waals surface area contributed by atoms with Gasteiger partial charge in [-0.1, -0.05) is 34.1 Å². The topological polar surface area (TPSA) is 32.3 Å². The van der Waals surface area contributed by atoms with Crippen LogP contribution in [0.15, 0.2) is 28.7 Å². The minimum Gasteiger partial charge on any atom is -0.392 e. The fraction of sp³-hybridized carbons (Fsp3) is 0.538. The van der Waals surface area contributed by atoms with E-state index in [-0.39, 0.29) is 6.10 Å². The second-order valence-electron chi connectivity index (χ2n) is 4.64. The first kappa shape index (κ1) is 12.1. The molecule has 1 atom stereocenters. The number of rotatable bonds is 4. The van der Waals surface area contributed by atoms with Crippen LogP contribution in [-0.2, 0) is 0 Å². The molecule has 2 N–H and O–H groups in total. The van der Waals surface area contributed by atoms with Gasteiger partial charge in [0.2, 0.25) is 0 Å². The maximum Gasteiger partial charge on any atom is 0.0636 e. The van der Waals surface area contributed by atoms with Gasteiger partial charge in [-0.05, 0) is 37.3 Å². The zero-order valence-electron chi connectivity index (χ0n) is 9.49. The summed E-state index contributed by atoms with van der Waals surface area (Å²) in [5, 5.41) is 12.6. The molecule has 0 amide bonds. The van der Waals surface area contributed by atoms with E-state index in [0.717, 1.165) is 0 Å². The third-order valence-corrected chi connectivity index (χ3v) is 3.91. The summed E-state index contributed by atoms with van der Waals surface area (Å²) >= 11 is 3.59. The van der Waals surface area contributed by atoms with Crippen molar-refractivity contribution >= 4 is 15.9 Å². The van der Waals surface area contributed by atoms with E-state index in [2.05, 4.69) is 45.5 Å². The quantitative estimate of drug-likeness (QED) is 0.891. The van der Waals surface area contributed by atoms with Gasteiger partial charge in [-0.3, -0.25) is 0 Å². The average Bonchev–Trinajstić information content (AvgIpc) is 2.17. The van der Waals surface area contributed by atoms with Gasteiger partial charge in [-0.25, -0.2) is 0 Å². The first-order valence-corrected chi connectivity index (χ1v) is 6.62. The lowest BCUT2D eigenvalue weighted by Gasteiger charge is -2.37. The lowest BCUT2D eigenvalue weighted by molar-refractivity contribution is 0.171. The van der Waals surface area contributed by atoms with Gasteiger partial charge in [-0.2, -0.15) is 0 Å². The van der Waals surface area contributed by atoms with Crippen LogP contribution in [0.4, 0.5) is 0 Å². The molecule has 0 bridgehead atoms. The SMILES string of the molecule is CC(O)CNC1CC(c2ccccc2Br)C1. The summed E-state index contributed by atoms with van der Waals surface area (Å²) < 4.78 is 1.22. The first-order chi connectivity index (χ1) is 7.66. The fourth-order valence-electron chi connectivity index (χ4n) is 2.18. The van der Waals surface area contributed by atoms with Crippen molar-refractivity contribution in [3.8, 4) is 0 Å². The molecular formula is C13H18BrNO. The van der Waals surface area contributed by atoms with E-state index in [1.807, 2.05) is 6.92 Å². The Morgan fingerprint density at radius 3 is 2.75 bits per heavy atom. The number of hydrogen-bond acceptors (Lipinski definition) is 2. The second-order valence-corrected chi connectivity index (χ2v) is 5.50. The monoisotopic (exact) mass is 283 g/mol. The molecule has 0 heterocycles. The summed E-state index contributed by atoms with van der Waals surface area (Å²) in [4.78, 5) is 0. The zero-order chi connectivity index (χ0) is 11.5. The largest absolute Gasteiger partial charge is 0.392 e. The molecule has 1 aromatic carbocycles. The summed E-state index contributed by atoms with van der Waals surface area (Å²) in [7, 11) is 0. The molecule has 3 heteroatoms. The van der Waals surface area contributed by atoms with Crippen molar-refractivity contribution in [1.29, 1.82) is 0 Å². The Kier molecular flexibility index (Phi) is 4.00. The van der Waals surface area contributed by atoms with Gasteiger partial charge in [0, 0.05) is 17.1 Å². The Balaban J connectivity index is 1.82. The number of aliphatic hydroxyl groups is 1. The van der Waals surface area contributed by atoms with Gasteiger partial charge in [0.25, 0.3) is 0 Å². The van der Waals surface area contributed by atoms with E-state index in [1.54, 1.807) is 0 Å². The molecule has 0 radical (unpaired) electrons. The molecule has 0 saturated heterocycles. The maximum atomic E-state index is 9.18. The van der Waals surface area contributed by atoms with Crippen molar-refractivity contribution in [1.82, 2.24) is 5.32 Å². The predicted octanol–water partition coefficient (Wildman–Crippen LogP) is 2.67. The molecule has 0 spiro atoms. The van der Waals surface area contributed by atoms with Crippen molar-refractivity contribution in [2.45, 2.75) is 37.8 Å².